The summed E-state index contributed by atoms with van der Waals surface area (Å²) in [5, 5.41) is 31.4. The van der Waals surface area contributed by atoms with Gasteiger partial charge in [-0.25, -0.2) is 31.2 Å². The van der Waals surface area contributed by atoms with Gasteiger partial charge in [-0.05, 0) is 124 Å². The molecule has 11 N–H and O–H groups in total. The first kappa shape index (κ1) is 138. The smallest absolute Gasteiger partial charge is 0.381 e. The van der Waals surface area contributed by atoms with Crippen molar-refractivity contribution in [3.8, 4) is 0 Å². The van der Waals surface area contributed by atoms with E-state index in [0.717, 1.165) is 63.3 Å². The number of alkyl halides is 22. The highest BCUT2D eigenvalue weighted by Crippen LogP contribution is 2.42. The topological polar surface area (TPSA) is 174 Å². The van der Waals surface area contributed by atoms with Crippen molar-refractivity contribution in [2.24, 2.45) is 5.92 Å². The number of nitrogens with zero attached hydrogens (tertiary/aromatic N) is 1. The number of ether oxygens (including phenoxy) is 4. The lowest BCUT2D eigenvalue weighted by molar-refractivity contribution is -0.175. The van der Waals surface area contributed by atoms with Crippen LogP contribution in [0, 0.1) is 38.0 Å². The Labute approximate surface area is 855 Å². The van der Waals surface area contributed by atoms with Crippen molar-refractivity contribution in [3.63, 3.8) is 0 Å². The van der Waals surface area contributed by atoms with Crippen molar-refractivity contribution < 1.29 is 124 Å². The minimum atomic E-state index is -4.56. The summed E-state index contributed by atoms with van der Waals surface area (Å²) >= 11 is 5.63. The van der Waals surface area contributed by atoms with E-state index in [4.69, 9.17) is 37.1 Å². The Morgan fingerprint density at radius 2 is 0.692 bits per heavy atom. The maximum absolute atomic E-state index is 13.2. The molecule has 6 fully saturated rings. The summed E-state index contributed by atoms with van der Waals surface area (Å²) in [5.41, 5.74) is 2.86. The van der Waals surface area contributed by atoms with Crippen LogP contribution in [0.15, 0.2) is 115 Å². The van der Waals surface area contributed by atoms with Gasteiger partial charge in [0.25, 0.3) is 11.8 Å². The molecule has 146 heavy (non-hydrogen) atoms. The van der Waals surface area contributed by atoms with E-state index in [1.165, 1.54) is 79.6 Å². The van der Waals surface area contributed by atoms with Gasteiger partial charge >= 0.3 is 37.1 Å². The standard InChI is InChI=1S/C12H13F3N2.2C12H16F3N.C11H13ClF3N.C11H12F5N.C10H18F3NO.C9H17F2N.C8H17NO.C7H13F2N.C7H15NO.C6H13NO/c1-8(2)17-11(12(13,14)15)9-4-6-10(16-3)7-5-9;1-8(2)16-11(12(13,14)15)10-6-4-9(3)5-7-10;1-8(2)16-11(12(13,14)15)10-6-4-5-9(3)7-10;1-7(2)16-10(11(13,14)15)8-3-5-9(12)6-4-8;1-6(2)17-10(11(14,15)16)7-3-4-8(12)9(13)5-7;1-7(2)14-9(10(11,12)13)8-3-5-15-6-4-8;1-7(2)12-8-5-3-4-6-9(8,10)11;1-7(2)9-8-3-5-10-6-4-8;1-5(2)10-6-3-4-7(6,8)9;1-6(2)8-7(3)4-9-5-7;1-5(2)7-6-3-8-4-6/h4-8,11,17H,1-2H3;2*4-8,11,16H,1-3H3;3-7,10,16H,1-2H3;3-6,10,17H,1-2H3;7-9,14H,3-6H2,1-2H3;7-8,12H,3-6H2,1-2H3;7-9H,3-6H2,1-2H3;5-6,10H,3-4H2,1-2H3;6,8H,4-5H2,1-3H3;5-7H,3-4H2,1-2H3. The molecule has 8 unspecified atom stereocenters. The summed E-state index contributed by atoms with van der Waals surface area (Å²) in [5.74, 6) is -7.73. The van der Waals surface area contributed by atoms with Crippen molar-refractivity contribution in [1.82, 2.24) is 58.5 Å². The van der Waals surface area contributed by atoms with Crippen LogP contribution in [0.5, 0.6) is 0 Å². The average Bonchev–Trinajstić information content (AvgIpc) is 0.905. The highest BCUT2D eigenvalue weighted by atomic mass is 35.5. The molecule has 0 spiro atoms. The molecule has 8 atom stereocenters. The van der Waals surface area contributed by atoms with Crippen molar-refractivity contribution in [2.75, 3.05) is 52.9 Å². The Balaban J connectivity index is 0.000000809. The first-order valence-corrected chi connectivity index (χ1v) is 50.2. The SMILES string of the molecule is CC(C)NC(C1CCOCC1)C(F)(F)F.CC(C)NC(c1ccc(Cl)cc1)C(F)(F)F.CC(C)NC(c1ccc(F)c(F)c1)C(F)(F)F.CC(C)NC1(C)COC1.CC(C)NC1CCC1(F)F.CC(C)NC1CCCCC1(F)F.CC(C)NC1CCOCC1.CC(C)NC1COC1.Cc1ccc(C(NC(C)C)C(F)(F)F)cc1.Cc1cccc(C(NC(C)C)C(F)(F)F)c1.[C-]#[N+]c1ccc(C(NC(C)C)C(F)(F)F)cc1. The number of rotatable bonds is 28. The molecule has 6 aliphatic rings. The molecule has 5 aromatic rings. The Bertz CT molecular complexity index is 4240. The Morgan fingerprint density at radius 3 is 0.973 bits per heavy atom. The maximum Gasteiger partial charge on any atom is 0.407 e. The largest absolute Gasteiger partial charge is 0.407 e. The third-order valence-corrected chi connectivity index (χ3v) is 22.2. The van der Waals surface area contributed by atoms with E-state index < -0.39 is 115 Å². The van der Waals surface area contributed by atoms with Crippen LogP contribution in [0.3, 0.4) is 0 Å². The third kappa shape index (κ3) is 58.4. The van der Waals surface area contributed by atoms with Crippen molar-refractivity contribution in [3.05, 3.63) is 182 Å². The molecule has 2 aliphatic carbocycles. The molecule has 0 bridgehead atoms. The minimum Gasteiger partial charge on any atom is -0.381 e. The van der Waals surface area contributed by atoms with E-state index in [1.807, 2.05) is 34.6 Å². The molecule has 11 rings (SSSR count). The Morgan fingerprint density at radius 1 is 0.342 bits per heavy atom. The normalized spacial score (nSPS) is 18.8. The van der Waals surface area contributed by atoms with Gasteiger partial charge in [-0.1, -0.05) is 272 Å². The van der Waals surface area contributed by atoms with Crippen LogP contribution in [-0.2, 0) is 18.9 Å². The van der Waals surface area contributed by atoms with Crippen LogP contribution in [-0.4, -0.2) is 204 Å². The van der Waals surface area contributed by atoms with E-state index in [9.17, 15) is 105 Å². The zero-order valence-electron chi connectivity index (χ0n) is 88.9. The van der Waals surface area contributed by atoms with Gasteiger partial charge in [0.2, 0.25) is 0 Å². The monoisotopic (exact) mass is 2150 g/mol. The molecule has 0 aromatic heterocycles. The van der Waals surface area contributed by atoms with Crippen molar-refractivity contribution in [1.29, 1.82) is 0 Å². The molecule has 0 amide bonds. The summed E-state index contributed by atoms with van der Waals surface area (Å²) in [6.45, 7) is 59.5. The van der Waals surface area contributed by atoms with E-state index >= 15 is 0 Å². The fourth-order valence-electron chi connectivity index (χ4n) is 15.3. The van der Waals surface area contributed by atoms with E-state index in [-0.39, 0.29) is 94.4 Å². The van der Waals surface area contributed by atoms with Gasteiger partial charge in [-0.15, -0.1) is 0 Å². The average molecular weight is 2150 g/mol. The maximum atomic E-state index is 13.2. The summed E-state index contributed by atoms with van der Waals surface area (Å²) in [6, 6.07) is 17.0. The Kier molecular flexibility index (Phi) is 62.1. The molecule has 41 heteroatoms. The Hall–Kier alpha value is -6.40. The lowest BCUT2D eigenvalue weighted by Crippen LogP contribution is -2.60. The zero-order chi connectivity index (χ0) is 112. The molecule has 0 radical (unpaired) electrons. The molecule has 4 saturated heterocycles. The second kappa shape index (κ2) is 65.9. The number of nitrogens with one attached hydrogen (secondary N) is 11. The number of benzene rings is 5. The second-order valence-corrected chi connectivity index (χ2v) is 41.1. The fraction of sp³-hybridized carbons (Fsp3) is 0.705. The minimum absolute atomic E-state index is 0.0530. The van der Waals surface area contributed by atoms with E-state index in [0.29, 0.717) is 98.4 Å². The predicted octanol–water partition coefficient (Wildman–Crippen LogP) is 27.5. The van der Waals surface area contributed by atoms with Gasteiger partial charge in [0.1, 0.15) is 36.3 Å². The highest BCUT2D eigenvalue weighted by molar-refractivity contribution is 6.30. The molecular formula is C105H163ClF24N12O4. The number of hydrogen-bond donors (Lipinski definition) is 11. The van der Waals surface area contributed by atoms with Crippen LogP contribution >= 0.6 is 11.6 Å². The van der Waals surface area contributed by atoms with Crippen molar-refractivity contribution >= 4 is 17.3 Å². The van der Waals surface area contributed by atoms with Gasteiger partial charge in [0.05, 0.1) is 56.7 Å². The van der Waals surface area contributed by atoms with E-state index in [2.05, 4.69) is 112 Å². The molecule has 4 aliphatic heterocycles. The van der Waals surface area contributed by atoms with Crippen LogP contribution in [0.2, 0.25) is 5.02 Å². The zero-order valence-corrected chi connectivity index (χ0v) is 89.7. The number of halogens is 25. The molecule has 842 valence electrons. The molecule has 16 nitrogen and oxygen atoms in total. The van der Waals surface area contributed by atoms with Gasteiger partial charge < -0.3 is 77.4 Å². The predicted molar refractivity (Wildman–Crippen MR) is 534 cm³/mol. The van der Waals surface area contributed by atoms with Crippen LogP contribution < -0.4 is 58.5 Å². The van der Waals surface area contributed by atoms with Crippen LogP contribution in [0.25, 0.3) is 4.85 Å². The first-order valence-electron chi connectivity index (χ1n) is 49.8. The van der Waals surface area contributed by atoms with Gasteiger partial charge in [-0.3, -0.25) is 0 Å². The summed E-state index contributed by atoms with van der Waals surface area (Å²) in [7, 11) is 0. The molecule has 2 saturated carbocycles. The molecule has 4 heterocycles. The highest BCUT2D eigenvalue weighted by Gasteiger charge is 2.50. The van der Waals surface area contributed by atoms with Gasteiger partial charge in [0.15, 0.2) is 17.3 Å². The van der Waals surface area contributed by atoms with Crippen molar-refractivity contribution in [2.45, 2.75) is 419 Å². The number of aryl methyl sites for hydroxylation is 2. The lowest BCUT2D eigenvalue weighted by Gasteiger charge is -2.40. The fourth-order valence-corrected chi connectivity index (χ4v) is 15.4. The first-order chi connectivity index (χ1) is 67.1. The summed E-state index contributed by atoms with van der Waals surface area (Å²) < 4.78 is 327. The lowest BCUT2D eigenvalue weighted by atomic mass is 9.87. The quantitative estimate of drug-likeness (QED) is 0.0169. The van der Waals surface area contributed by atoms with Gasteiger partial charge in [0, 0.05) is 117 Å². The summed E-state index contributed by atoms with van der Waals surface area (Å²) in [6.07, 6.45) is -19.6. The third-order valence-electron chi connectivity index (χ3n) is 21.9. The van der Waals surface area contributed by atoms with Crippen LogP contribution in [0.4, 0.5) is 111 Å². The van der Waals surface area contributed by atoms with Crippen LogP contribution in [0.1, 0.15) is 293 Å². The molecule has 5 aromatic carbocycles. The van der Waals surface area contributed by atoms with Gasteiger partial charge in [-0.2, -0.15) is 79.0 Å². The summed E-state index contributed by atoms with van der Waals surface area (Å²) in [4.78, 5) is 3.14. The second-order valence-electron chi connectivity index (χ2n) is 40.7. The molecular weight excluding hydrogens is 1980 g/mol. The van der Waals surface area contributed by atoms with E-state index in [1.54, 1.807) is 120 Å². The number of hydrogen-bond acceptors (Lipinski definition) is 15.